The van der Waals surface area contributed by atoms with Crippen LogP contribution in [0.5, 0.6) is 5.75 Å². The van der Waals surface area contributed by atoms with Gasteiger partial charge in [0, 0.05) is 5.39 Å². The number of nitrogens with one attached hydrogen (secondary N) is 1. The van der Waals surface area contributed by atoms with Crippen LogP contribution in [0.3, 0.4) is 0 Å². The van der Waals surface area contributed by atoms with E-state index in [1.54, 1.807) is 31.2 Å². The maximum atomic E-state index is 15.4. The summed E-state index contributed by atoms with van der Waals surface area (Å²) in [6.07, 6.45) is -4.91. The van der Waals surface area contributed by atoms with Gasteiger partial charge in [0.1, 0.15) is 35.3 Å². The molecule has 236 valence electrons. The number of carbonyl (C=O) groups is 1. The van der Waals surface area contributed by atoms with Crippen LogP contribution < -0.4 is 15.3 Å². The number of esters is 1. The molecule has 1 aliphatic rings. The van der Waals surface area contributed by atoms with Crippen LogP contribution in [0.25, 0.3) is 21.9 Å². The third-order valence-electron chi connectivity index (χ3n) is 6.86. The molecule has 0 radical (unpaired) electrons. The lowest BCUT2D eigenvalue weighted by atomic mass is 9.99. The van der Waals surface area contributed by atoms with Crippen molar-refractivity contribution in [3.05, 3.63) is 54.6 Å². The number of hydrogen-bond donors (Lipinski definition) is 3. The number of nitrogens with two attached hydrogens (primary N) is 1. The standard InChI is InChI=1S/C29H36FN6O7P/c1-16(28(38)40-14-29(3,4)5)35-44(39,43-20-12-8-10-18-9-6-7-11-19(18)20)41-13-21-24(37)22(30)27(42-21)36-15-32-23-25(31)33-17(2)34-26(23)36/h6-12,15-16,21-22,24,27,37H,13-14H2,1-5H3,(H,35,39)(H2,31,33,34)/t16-,21+,22+,24?,27+,44?/m0/s1. The Hall–Kier alpha value is -3.68. The van der Waals surface area contributed by atoms with E-state index >= 15 is 4.39 Å². The second-order valence-corrected chi connectivity index (χ2v) is 13.6. The Balaban J connectivity index is 1.37. The van der Waals surface area contributed by atoms with Crippen LogP contribution in [-0.2, 0) is 23.4 Å². The number of hydrogen-bond acceptors (Lipinski definition) is 11. The van der Waals surface area contributed by atoms with Crippen LogP contribution in [0.15, 0.2) is 48.8 Å². The first-order valence-corrected chi connectivity index (χ1v) is 15.6. The Bertz CT molecular complexity index is 1710. The Kier molecular flexibility index (Phi) is 8.92. The molecule has 4 aromatic rings. The number of nitrogen functional groups attached to an aromatic ring is 1. The molecule has 2 aromatic heterocycles. The second-order valence-electron chi connectivity index (χ2n) is 11.9. The number of alkyl halides is 1. The summed E-state index contributed by atoms with van der Waals surface area (Å²) in [4.78, 5) is 25.3. The number of rotatable bonds is 10. The number of aromatic nitrogens is 4. The zero-order valence-corrected chi connectivity index (χ0v) is 25.9. The van der Waals surface area contributed by atoms with Crippen LogP contribution in [0.1, 0.15) is 39.7 Å². The van der Waals surface area contributed by atoms with E-state index in [1.165, 1.54) is 17.8 Å². The second kappa shape index (κ2) is 12.4. The van der Waals surface area contributed by atoms with Crippen molar-refractivity contribution in [2.75, 3.05) is 18.9 Å². The van der Waals surface area contributed by atoms with E-state index in [0.717, 1.165) is 5.39 Å². The van der Waals surface area contributed by atoms with Gasteiger partial charge in [-0.15, -0.1) is 0 Å². The summed E-state index contributed by atoms with van der Waals surface area (Å²) >= 11 is 0. The minimum atomic E-state index is -4.37. The lowest BCUT2D eigenvalue weighted by Crippen LogP contribution is -2.37. The van der Waals surface area contributed by atoms with Crippen molar-refractivity contribution in [3.63, 3.8) is 0 Å². The van der Waals surface area contributed by atoms with Crippen molar-refractivity contribution in [1.29, 1.82) is 0 Å². The first kappa shape index (κ1) is 31.7. The monoisotopic (exact) mass is 630 g/mol. The largest absolute Gasteiger partial charge is 0.464 e. The zero-order valence-electron chi connectivity index (χ0n) is 25.0. The number of carbonyl (C=O) groups excluding carboxylic acids is 1. The quantitative estimate of drug-likeness (QED) is 0.168. The SMILES string of the molecule is Cc1nc(N)c2ncn([C@@H]3O[C@H](COP(=O)(N[C@@H](C)C(=O)OCC(C)(C)C)Oc4cccc5ccccc45)C(O)[C@H]3F)c2n1. The molecule has 44 heavy (non-hydrogen) atoms. The van der Waals surface area contributed by atoms with Crippen LogP contribution in [0.4, 0.5) is 10.2 Å². The van der Waals surface area contributed by atoms with Crippen LogP contribution in [0, 0.1) is 12.3 Å². The van der Waals surface area contributed by atoms with Gasteiger partial charge in [0.05, 0.1) is 19.5 Å². The number of halogens is 1. The van der Waals surface area contributed by atoms with Crippen molar-refractivity contribution in [3.8, 4) is 5.75 Å². The number of imidazole rings is 1. The molecule has 0 aliphatic carbocycles. The summed E-state index contributed by atoms with van der Waals surface area (Å²) in [5.41, 5.74) is 6.13. The molecule has 0 bridgehead atoms. The summed E-state index contributed by atoms with van der Waals surface area (Å²) in [5.74, 6) is 0.0156. The summed E-state index contributed by atoms with van der Waals surface area (Å²) in [6.45, 7) is 8.38. The van der Waals surface area contributed by atoms with E-state index in [4.69, 9.17) is 24.3 Å². The smallest absolute Gasteiger partial charge is 0.459 e. The Morgan fingerprint density at radius 3 is 2.70 bits per heavy atom. The first-order valence-electron chi connectivity index (χ1n) is 14.1. The van der Waals surface area contributed by atoms with Gasteiger partial charge in [-0.25, -0.2) is 23.9 Å². The molecular weight excluding hydrogens is 594 g/mol. The highest BCUT2D eigenvalue weighted by Gasteiger charge is 2.47. The summed E-state index contributed by atoms with van der Waals surface area (Å²) in [5, 5.41) is 14.8. The highest BCUT2D eigenvalue weighted by molar-refractivity contribution is 7.52. The third kappa shape index (κ3) is 6.84. The molecule has 2 unspecified atom stereocenters. The number of aliphatic hydroxyl groups excluding tert-OH is 1. The van der Waals surface area contributed by atoms with E-state index in [2.05, 4.69) is 20.0 Å². The zero-order chi connectivity index (χ0) is 31.8. The van der Waals surface area contributed by atoms with Crippen molar-refractivity contribution < 1.29 is 37.4 Å². The molecule has 4 N–H and O–H groups in total. The lowest BCUT2D eigenvalue weighted by molar-refractivity contribution is -0.148. The van der Waals surface area contributed by atoms with Crippen molar-refractivity contribution in [1.82, 2.24) is 24.6 Å². The average molecular weight is 631 g/mol. The van der Waals surface area contributed by atoms with Crippen LogP contribution in [0.2, 0.25) is 0 Å². The number of nitrogens with zero attached hydrogens (tertiary/aromatic N) is 4. The summed E-state index contributed by atoms with van der Waals surface area (Å²) in [6, 6.07) is 11.4. The number of ether oxygens (including phenoxy) is 2. The average Bonchev–Trinajstić information content (AvgIpc) is 3.50. The number of fused-ring (bicyclic) bond motifs is 2. The third-order valence-corrected chi connectivity index (χ3v) is 8.49. The van der Waals surface area contributed by atoms with Gasteiger partial charge in [0.2, 0.25) is 0 Å². The van der Waals surface area contributed by atoms with Gasteiger partial charge < -0.3 is 24.8 Å². The normalized spacial score (nSPS) is 22.6. The van der Waals surface area contributed by atoms with Crippen LogP contribution >= 0.6 is 7.75 Å². The maximum Gasteiger partial charge on any atom is 0.459 e. The molecule has 1 saturated heterocycles. The van der Waals surface area contributed by atoms with Gasteiger partial charge in [0.15, 0.2) is 23.9 Å². The molecule has 6 atom stereocenters. The molecule has 1 aliphatic heterocycles. The van der Waals surface area contributed by atoms with Crippen LogP contribution in [-0.4, -0.2) is 68.2 Å². The van der Waals surface area contributed by atoms with Gasteiger partial charge in [-0.3, -0.25) is 13.9 Å². The van der Waals surface area contributed by atoms with E-state index in [0.29, 0.717) is 11.2 Å². The predicted molar refractivity (Wildman–Crippen MR) is 160 cm³/mol. The van der Waals surface area contributed by atoms with E-state index in [1.807, 2.05) is 39.0 Å². The molecule has 0 amide bonds. The molecule has 13 nitrogen and oxygen atoms in total. The molecule has 3 heterocycles. The Morgan fingerprint density at radius 2 is 1.95 bits per heavy atom. The van der Waals surface area contributed by atoms with Gasteiger partial charge in [-0.2, -0.15) is 5.09 Å². The fourth-order valence-corrected chi connectivity index (χ4v) is 6.19. The molecule has 0 saturated carbocycles. The predicted octanol–water partition coefficient (Wildman–Crippen LogP) is 4.24. The summed E-state index contributed by atoms with van der Waals surface area (Å²) in [7, 11) is -4.37. The summed E-state index contributed by atoms with van der Waals surface area (Å²) < 4.78 is 53.8. The molecule has 15 heteroatoms. The Morgan fingerprint density at radius 1 is 1.23 bits per heavy atom. The molecule has 1 fully saturated rings. The van der Waals surface area contributed by atoms with Gasteiger partial charge in [-0.05, 0) is 30.7 Å². The number of aliphatic hydroxyl groups is 1. The highest BCUT2D eigenvalue weighted by atomic mass is 31.2. The minimum Gasteiger partial charge on any atom is -0.464 e. The van der Waals surface area contributed by atoms with E-state index in [-0.39, 0.29) is 34.8 Å². The molecule has 0 spiro atoms. The topological polar surface area (TPSA) is 173 Å². The van der Waals surface area contributed by atoms with E-state index < -0.39 is 51.0 Å². The molecule has 2 aromatic carbocycles. The molecule has 5 rings (SSSR count). The molecular formula is C29H36FN6O7P. The van der Waals surface area contributed by atoms with Gasteiger partial charge in [-0.1, -0.05) is 57.2 Å². The minimum absolute atomic E-state index is 0.118. The van der Waals surface area contributed by atoms with Gasteiger partial charge >= 0.3 is 13.7 Å². The highest BCUT2D eigenvalue weighted by Crippen LogP contribution is 2.48. The first-order chi connectivity index (χ1) is 20.7. The van der Waals surface area contributed by atoms with Crippen molar-refractivity contribution >= 4 is 41.5 Å². The number of aryl methyl sites for hydroxylation is 1. The van der Waals surface area contributed by atoms with Crippen molar-refractivity contribution in [2.45, 2.75) is 65.3 Å². The fourth-order valence-electron chi connectivity index (χ4n) is 4.67. The van der Waals surface area contributed by atoms with Crippen molar-refractivity contribution in [2.24, 2.45) is 5.41 Å². The maximum absolute atomic E-state index is 15.4. The number of anilines is 1. The van der Waals surface area contributed by atoms with E-state index in [9.17, 15) is 14.5 Å². The Labute approximate surface area is 253 Å². The van der Waals surface area contributed by atoms with Gasteiger partial charge in [0.25, 0.3) is 0 Å². The lowest BCUT2D eigenvalue weighted by Gasteiger charge is -2.26. The fraction of sp³-hybridized carbons (Fsp3) is 0.448. The number of benzene rings is 2.